The first kappa shape index (κ1) is 21.7. The molecule has 0 spiro atoms. The summed E-state index contributed by atoms with van der Waals surface area (Å²) in [6.07, 6.45) is 6.17. The summed E-state index contributed by atoms with van der Waals surface area (Å²) < 4.78 is 3.26. The van der Waals surface area contributed by atoms with Crippen molar-refractivity contribution in [2.45, 2.75) is 25.0 Å². The molecule has 2 aliphatic heterocycles. The van der Waals surface area contributed by atoms with E-state index in [-0.39, 0.29) is 5.56 Å². The number of allylic oxidation sites excluding steroid dienone is 1. The molecule has 0 amide bonds. The Hall–Kier alpha value is -4.51. The van der Waals surface area contributed by atoms with Gasteiger partial charge in [0.25, 0.3) is 5.56 Å². The van der Waals surface area contributed by atoms with Crippen molar-refractivity contribution < 1.29 is 0 Å². The predicted molar refractivity (Wildman–Crippen MR) is 143 cm³/mol. The third kappa shape index (κ3) is 3.50. The summed E-state index contributed by atoms with van der Waals surface area (Å²) in [6.45, 7) is 6.30. The Balaban J connectivity index is 1.23. The minimum absolute atomic E-state index is 0.206. The molecule has 37 heavy (non-hydrogen) atoms. The van der Waals surface area contributed by atoms with Crippen LogP contribution in [0, 0.1) is 0 Å². The van der Waals surface area contributed by atoms with Crippen LogP contribution in [0.3, 0.4) is 0 Å². The van der Waals surface area contributed by atoms with E-state index in [1.54, 1.807) is 27.8 Å². The zero-order chi connectivity index (χ0) is 25.1. The summed E-state index contributed by atoms with van der Waals surface area (Å²) in [4.78, 5) is 31.9. The van der Waals surface area contributed by atoms with Gasteiger partial charge in [0.05, 0.1) is 12.7 Å². The van der Waals surface area contributed by atoms with Gasteiger partial charge < -0.3 is 10.2 Å². The van der Waals surface area contributed by atoms with Gasteiger partial charge in [-0.2, -0.15) is 10.1 Å². The number of rotatable bonds is 6. The molecule has 0 aliphatic carbocycles. The molecule has 2 bridgehead atoms. The monoisotopic (exact) mass is 494 g/mol. The number of H-pyrrole nitrogens is 1. The first-order chi connectivity index (χ1) is 18.1. The van der Waals surface area contributed by atoms with Crippen molar-refractivity contribution in [2.75, 3.05) is 30.4 Å². The normalized spacial score (nSPS) is 19.3. The second kappa shape index (κ2) is 8.27. The van der Waals surface area contributed by atoms with E-state index in [9.17, 15) is 4.79 Å². The van der Waals surface area contributed by atoms with Gasteiger partial charge in [-0.15, -0.1) is 6.58 Å². The summed E-state index contributed by atoms with van der Waals surface area (Å²) in [5.41, 5.74) is 2.99. The molecule has 2 saturated heterocycles. The van der Waals surface area contributed by atoms with Gasteiger partial charge in [0.2, 0.25) is 5.95 Å². The highest BCUT2D eigenvalue weighted by atomic mass is 16.1. The van der Waals surface area contributed by atoms with Crippen LogP contribution in [-0.4, -0.2) is 71.6 Å². The van der Waals surface area contributed by atoms with Gasteiger partial charge >= 0.3 is 0 Å². The maximum absolute atomic E-state index is 13.2. The lowest BCUT2D eigenvalue weighted by molar-refractivity contribution is 0.292. The van der Waals surface area contributed by atoms with Crippen LogP contribution in [0.4, 0.5) is 17.3 Å². The highest BCUT2D eigenvalue weighted by molar-refractivity contribution is 5.79. The second-order valence-electron chi connectivity index (χ2n) is 9.70. The molecule has 4 aromatic heterocycles. The molecule has 7 rings (SSSR count). The van der Waals surface area contributed by atoms with E-state index in [2.05, 4.69) is 61.0 Å². The van der Waals surface area contributed by atoms with Gasteiger partial charge in [-0.1, -0.05) is 6.08 Å². The molecule has 5 aromatic rings. The van der Waals surface area contributed by atoms with Crippen molar-refractivity contribution in [3.63, 3.8) is 0 Å². The number of likely N-dealkylation sites (tertiary alicyclic amines) is 1. The molecule has 0 radical (unpaired) electrons. The maximum atomic E-state index is 13.2. The number of anilines is 3. The van der Waals surface area contributed by atoms with Gasteiger partial charge in [0, 0.05) is 48.1 Å². The van der Waals surface area contributed by atoms with E-state index in [1.165, 1.54) is 12.1 Å². The van der Waals surface area contributed by atoms with Gasteiger partial charge in [-0.3, -0.25) is 14.8 Å². The standard InChI is InChI=1S/C26H26N10O/c1-3-10-35-25(37)21-13-27-26(31-24(21)36(35)22-9-4-16-12-28-32-23(16)30-22)29-17-5-7-18(8-6-17)34-15-19-11-20(34)14-33(19)2/h3-9,12-13,19-20H,1,10-11,14-15H2,2H3,(H,27,29,31)(H,28,30,32)/t19-,20-/m0/s1. The highest BCUT2D eigenvalue weighted by Gasteiger charge is 2.41. The van der Waals surface area contributed by atoms with Gasteiger partial charge in [0.1, 0.15) is 5.39 Å². The summed E-state index contributed by atoms with van der Waals surface area (Å²) in [5, 5.41) is 11.5. The van der Waals surface area contributed by atoms with E-state index < -0.39 is 0 Å². The summed E-state index contributed by atoms with van der Waals surface area (Å²) in [7, 11) is 2.21. The van der Waals surface area contributed by atoms with E-state index in [1.807, 2.05) is 24.3 Å². The van der Waals surface area contributed by atoms with Gasteiger partial charge in [-0.05, 0) is 49.9 Å². The number of fused-ring (bicyclic) bond motifs is 4. The van der Waals surface area contributed by atoms with Gasteiger partial charge in [0.15, 0.2) is 17.1 Å². The SMILES string of the molecule is C=CCn1c(=O)c2cnc(Nc3ccc(N4C[C@@H]5C[C@H]4CN5C)cc3)nc2n1-c1ccc2cn[nH]c2n1. The number of likely N-dealkylation sites (N-methyl/N-ethyl adjacent to an activating group) is 1. The molecular formula is C26H26N10O. The van der Waals surface area contributed by atoms with Crippen molar-refractivity contribution in [2.24, 2.45) is 0 Å². The summed E-state index contributed by atoms with van der Waals surface area (Å²) in [5.74, 6) is 0.944. The third-order valence-corrected chi connectivity index (χ3v) is 7.45. The number of aromatic amines is 1. The first-order valence-electron chi connectivity index (χ1n) is 12.3. The van der Waals surface area contributed by atoms with Crippen LogP contribution in [-0.2, 0) is 6.54 Å². The van der Waals surface area contributed by atoms with Crippen LogP contribution in [0.15, 0.2) is 66.2 Å². The highest BCUT2D eigenvalue weighted by Crippen LogP contribution is 2.34. The number of benzene rings is 1. The van der Waals surface area contributed by atoms with Crippen molar-refractivity contribution in [3.05, 3.63) is 71.8 Å². The van der Waals surface area contributed by atoms with Gasteiger partial charge in [-0.25, -0.2) is 19.3 Å². The Morgan fingerprint density at radius 2 is 1.97 bits per heavy atom. The average Bonchev–Trinajstić information content (AvgIpc) is 3.68. The molecule has 0 unspecified atom stereocenters. The molecule has 186 valence electrons. The summed E-state index contributed by atoms with van der Waals surface area (Å²) in [6, 6.07) is 13.4. The fourth-order valence-corrected chi connectivity index (χ4v) is 5.59. The number of aromatic nitrogens is 7. The van der Waals surface area contributed by atoms with E-state index in [4.69, 9.17) is 4.98 Å². The molecule has 2 aliphatic rings. The number of piperazine rings is 1. The molecule has 2 fully saturated rings. The molecule has 2 atom stereocenters. The number of nitrogens with zero attached hydrogens (tertiary/aromatic N) is 8. The zero-order valence-electron chi connectivity index (χ0n) is 20.4. The molecule has 0 saturated carbocycles. The van der Waals surface area contributed by atoms with Crippen LogP contribution in [0.2, 0.25) is 0 Å². The lowest BCUT2D eigenvalue weighted by Crippen LogP contribution is -2.44. The van der Waals surface area contributed by atoms with Crippen molar-refractivity contribution in [1.82, 2.24) is 39.4 Å². The fourth-order valence-electron chi connectivity index (χ4n) is 5.59. The van der Waals surface area contributed by atoms with E-state index in [0.29, 0.717) is 47.1 Å². The number of hydrogen-bond acceptors (Lipinski definition) is 8. The smallest absolute Gasteiger partial charge is 0.278 e. The molecule has 1 aromatic carbocycles. The average molecular weight is 495 g/mol. The first-order valence-corrected chi connectivity index (χ1v) is 12.3. The topological polar surface area (TPSA) is 113 Å². The minimum atomic E-state index is -0.206. The van der Waals surface area contributed by atoms with Crippen LogP contribution in [0.5, 0.6) is 0 Å². The van der Waals surface area contributed by atoms with E-state index in [0.717, 1.165) is 24.2 Å². The Labute approximate surface area is 212 Å². The minimum Gasteiger partial charge on any atom is -0.366 e. The number of pyridine rings is 1. The predicted octanol–water partition coefficient (Wildman–Crippen LogP) is 2.68. The molecular weight excluding hydrogens is 468 g/mol. The largest absolute Gasteiger partial charge is 0.366 e. The Kier molecular flexibility index (Phi) is 4.86. The lowest BCUT2D eigenvalue weighted by Gasteiger charge is -2.33. The van der Waals surface area contributed by atoms with Crippen LogP contribution < -0.4 is 15.8 Å². The van der Waals surface area contributed by atoms with Crippen LogP contribution in [0.25, 0.3) is 27.9 Å². The van der Waals surface area contributed by atoms with Crippen molar-refractivity contribution in [3.8, 4) is 5.82 Å². The van der Waals surface area contributed by atoms with Crippen LogP contribution >= 0.6 is 0 Å². The van der Waals surface area contributed by atoms with Crippen molar-refractivity contribution >= 4 is 39.4 Å². The Morgan fingerprint density at radius 3 is 2.73 bits per heavy atom. The second-order valence-corrected chi connectivity index (χ2v) is 9.70. The Morgan fingerprint density at radius 1 is 1.11 bits per heavy atom. The zero-order valence-corrected chi connectivity index (χ0v) is 20.4. The van der Waals surface area contributed by atoms with Crippen LogP contribution in [0.1, 0.15) is 6.42 Å². The summed E-state index contributed by atoms with van der Waals surface area (Å²) >= 11 is 0. The molecule has 6 heterocycles. The van der Waals surface area contributed by atoms with Crippen molar-refractivity contribution in [1.29, 1.82) is 0 Å². The molecule has 2 N–H and O–H groups in total. The third-order valence-electron chi connectivity index (χ3n) is 7.45. The number of nitrogens with one attached hydrogen (secondary N) is 2. The lowest BCUT2D eigenvalue weighted by atomic mass is 10.2. The molecule has 11 nitrogen and oxygen atoms in total. The van der Waals surface area contributed by atoms with E-state index >= 15 is 0 Å². The molecule has 11 heteroatoms. The Bertz CT molecular complexity index is 1700. The number of hydrogen-bond donors (Lipinski definition) is 2. The maximum Gasteiger partial charge on any atom is 0.278 e. The quantitative estimate of drug-likeness (QED) is 0.347. The fraction of sp³-hybridized carbons (Fsp3) is 0.269.